The van der Waals surface area contributed by atoms with Crippen molar-refractivity contribution in [2.75, 3.05) is 20.1 Å². The van der Waals surface area contributed by atoms with E-state index in [2.05, 4.69) is 69.9 Å². The predicted octanol–water partition coefficient (Wildman–Crippen LogP) is 1.83. The average Bonchev–Trinajstić information content (AvgIpc) is 3.02. The molecule has 0 radical (unpaired) electrons. The molecular weight excluding hydrogens is 326 g/mol. The number of aryl methyl sites for hydroxylation is 2. The Morgan fingerprint density at radius 3 is 2.65 bits per heavy atom. The van der Waals surface area contributed by atoms with Crippen molar-refractivity contribution >= 4 is 5.96 Å². The largest absolute Gasteiger partial charge is 0.356 e. The second kappa shape index (κ2) is 9.90. The lowest BCUT2D eigenvalue weighted by Crippen LogP contribution is -2.47. The van der Waals surface area contributed by atoms with Crippen LogP contribution in [0.3, 0.4) is 0 Å². The van der Waals surface area contributed by atoms with E-state index in [1.165, 1.54) is 0 Å². The van der Waals surface area contributed by atoms with Gasteiger partial charge in [-0.3, -0.25) is 9.89 Å². The highest BCUT2D eigenvalue weighted by molar-refractivity contribution is 5.79. The lowest BCUT2D eigenvalue weighted by atomic mass is 10.1. The maximum atomic E-state index is 4.58. The van der Waals surface area contributed by atoms with Crippen molar-refractivity contribution < 1.29 is 0 Å². The van der Waals surface area contributed by atoms with Gasteiger partial charge in [-0.15, -0.1) is 0 Å². The van der Waals surface area contributed by atoms with Crippen LogP contribution in [-0.2, 0) is 19.4 Å². The maximum absolute atomic E-state index is 4.58. The molecule has 1 aromatic heterocycles. The van der Waals surface area contributed by atoms with E-state index in [1.807, 2.05) is 7.05 Å². The third-order valence-electron chi connectivity index (χ3n) is 4.99. The van der Waals surface area contributed by atoms with Crippen molar-refractivity contribution in [3.05, 3.63) is 11.6 Å². The van der Waals surface area contributed by atoms with Gasteiger partial charge in [0, 0.05) is 51.1 Å². The van der Waals surface area contributed by atoms with Crippen molar-refractivity contribution in [2.45, 2.75) is 85.0 Å². The van der Waals surface area contributed by atoms with Crippen molar-refractivity contribution in [3.63, 3.8) is 0 Å². The van der Waals surface area contributed by atoms with E-state index in [0.717, 1.165) is 62.9 Å². The molecule has 0 saturated carbocycles. The summed E-state index contributed by atoms with van der Waals surface area (Å²) < 4.78 is 2.05. The fraction of sp³-hybridized carbons (Fsp3) is 0.842. The molecule has 7 heteroatoms. The van der Waals surface area contributed by atoms with E-state index in [0.29, 0.717) is 18.1 Å². The number of fused-ring (bicyclic) bond motifs is 1. The van der Waals surface area contributed by atoms with Crippen LogP contribution in [0.2, 0.25) is 0 Å². The SMILES string of the molecule is CCc1nc2n(n1)CC(NC(=NC)NCCCN(C(C)C)C(C)C)CC2. The molecule has 0 fully saturated rings. The molecule has 1 aliphatic rings. The van der Waals surface area contributed by atoms with E-state index in [4.69, 9.17) is 0 Å². The third-order valence-corrected chi connectivity index (χ3v) is 4.99. The summed E-state index contributed by atoms with van der Waals surface area (Å²) in [5.41, 5.74) is 0. The number of guanidine groups is 1. The summed E-state index contributed by atoms with van der Waals surface area (Å²) in [5, 5.41) is 11.6. The summed E-state index contributed by atoms with van der Waals surface area (Å²) in [7, 11) is 1.84. The van der Waals surface area contributed by atoms with Crippen LogP contribution < -0.4 is 10.6 Å². The fourth-order valence-electron chi connectivity index (χ4n) is 3.60. The van der Waals surface area contributed by atoms with Gasteiger partial charge in [-0.2, -0.15) is 5.10 Å². The summed E-state index contributed by atoms with van der Waals surface area (Å²) in [6.45, 7) is 14.0. The minimum absolute atomic E-state index is 0.350. The molecule has 0 spiro atoms. The molecule has 2 N–H and O–H groups in total. The number of hydrogen-bond acceptors (Lipinski definition) is 4. The molecule has 1 aromatic rings. The molecular formula is C19H37N7. The van der Waals surface area contributed by atoms with Crippen LogP contribution >= 0.6 is 0 Å². The molecule has 26 heavy (non-hydrogen) atoms. The zero-order valence-corrected chi connectivity index (χ0v) is 17.4. The summed E-state index contributed by atoms with van der Waals surface area (Å²) in [4.78, 5) is 11.5. The average molecular weight is 364 g/mol. The van der Waals surface area contributed by atoms with Gasteiger partial charge in [0.25, 0.3) is 0 Å². The molecule has 0 saturated heterocycles. The lowest BCUT2D eigenvalue weighted by molar-refractivity contribution is 0.173. The summed E-state index contributed by atoms with van der Waals surface area (Å²) in [6, 6.07) is 1.52. The number of aromatic nitrogens is 3. The number of rotatable bonds is 8. The standard InChI is InChI=1S/C19H37N7/c1-7-17-23-18-10-9-16(13-26(18)24-17)22-19(20-6)21-11-8-12-25(14(2)3)15(4)5/h14-16H,7-13H2,1-6H3,(H2,20,21,22). The number of nitrogens with zero attached hydrogens (tertiary/aromatic N) is 5. The number of aliphatic imine (C=N–C) groups is 1. The Bertz CT molecular complexity index is 568. The van der Waals surface area contributed by atoms with Gasteiger partial charge in [0.1, 0.15) is 5.82 Å². The second-order valence-corrected chi connectivity index (χ2v) is 7.64. The van der Waals surface area contributed by atoms with Gasteiger partial charge >= 0.3 is 0 Å². The molecule has 0 aliphatic carbocycles. The zero-order chi connectivity index (χ0) is 19.1. The van der Waals surface area contributed by atoms with Crippen LogP contribution in [0, 0.1) is 0 Å². The Hall–Kier alpha value is -1.63. The van der Waals surface area contributed by atoms with Crippen LogP contribution in [0.1, 0.15) is 59.1 Å². The maximum Gasteiger partial charge on any atom is 0.191 e. The molecule has 2 heterocycles. The molecule has 0 amide bonds. The summed E-state index contributed by atoms with van der Waals surface area (Å²) in [5.74, 6) is 2.95. The van der Waals surface area contributed by atoms with Gasteiger partial charge in [0.05, 0.1) is 6.54 Å². The molecule has 2 rings (SSSR count). The molecule has 148 valence electrons. The summed E-state index contributed by atoms with van der Waals surface area (Å²) >= 11 is 0. The second-order valence-electron chi connectivity index (χ2n) is 7.64. The molecule has 0 bridgehead atoms. The quantitative estimate of drug-likeness (QED) is 0.419. The smallest absolute Gasteiger partial charge is 0.191 e. The molecule has 1 aliphatic heterocycles. The predicted molar refractivity (Wildman–Crippen MR) is 108 cm³/mol. The van der Waals surface area contributed by atoms with Gasteiger partial charge < -0.3 is 10.6 Å². The Kier molecular flexibility index (Phi) is 7.87. The van der Waals surface area contributed by atoms with Crippen molar-refractivity contribution in [1.29, 1.82) is 0 Å². The van der Waals surface area contributed by atoms with Crippen LogP contribution in [0.4, 0.5) is 0 Å². The molecule has 7 nitrogen and oxygen atoms in total. The highest BCUT2D eigenvalue weighted by atomic mass is 15.4. The van der Waals surface area contributed by atoms with Crippen molar-refractivity contribution in [3.8, 4) is 0 Å². The van der Waals surface area contributed by atoms with Gasteiger partial charge in [-0.05, 0) is 40.5 Å². The lowest BCUT2D eigenvalue weighted by Gasteiger charge is -2.30. The summed E-state index contributed by atoms with van der Waals surface area (Å²) in [6.07, 6.45) is 4.04. The zero-order valence-electron chi connectivity index (χ0n) is 17.4. The van der Waals surface area contributed by atoms with E-state index in [9.17, 15) is 0 Å². The Balaban J connectivity index is 1.76. The highest BCUT2D eigenvalue weighted by Gasteiger charge is 2.22. The molecule has 0 aromatic carbocycles. The van der Waals surface area contributed by atoms with Crippen molar-refractivity contribution in [1.82, 2.24) is 30.3 Å². The normalized spacial score (nSPS) is 17.9. The van der Waals surface area contributed by atoms with Gasteiger partial charge in [-0.1, -0.05) is 6.92 Å². The topological polar surface area (TPSA) is 70.4 Å². The van der Waals surface area contributed by atoms with Gasteiger partial charge in [-0.25, -0.2) is 9.67 Å². The van der Waals surface area contributed by atoms with E-state index in [-0.39, 0.29) is 0 Å². The first-order valence-electron chi connectivity index (χ1n) is 10.1. The van der Waals surface area contributed by atoms with Crippen LogP contribution in [0.15, 0.2) is 4.99 Å². The van der Waals surface area contributed by atoms with E-state index in [1.54, 1.807) is 0 Å². The van der Waals surface area contributed by atoms with Crippen LogP contribution in [0.25, 0.3) is 0 Å². The Labute approximate surface area is 158 Å². The third kappa shape index (κ3) is 5.69. The first-order chi connectivity index (χ1) is 12.4. The minimum Gasteiger partial charge on any atom is -0.356 e. The van der Waals surface area contributed by atoms with E-state index >= 15 is 0 Å². The Morgan fingerprint density at radius 1 is 1.31 bits per heavy atom. The van der Waals surface area contributed by atoms with Crippen LogP contribution in [0.5, 0.6) is 0 Å². The molecule has 1 atom stereocenters. The van der Waals surface area contributed by atoms with E-state index < -0.39 is 0 Å². The first-order valence-corrected chi connectivity index (χ1v) is 10.1. The number of hydrogen-bond donors (Lipinski definition) is 2. The Morgan fingerprint density at radius 2 is 2.04 bits per heavy atom. The minimum atomic E-state index is 0.350. The first kappa shape index (κ1) is 20.7. The highest BCUT2D eigenvalue weighted by Crippen LogP contribution is 2.13. The molecule has 1 unspecified atom stereocenters. The van der Waals surface area contributed by atoms with Gasteiger partial charge in [0.15, 0.2) is 11.8 Å². The fourth-order valence-corrected chi connectivity index (χ4v) is 3.60. The monoisotopic (exact) mass is 363 g/mol. The van der Waals surface area contributed by atoms with Crippen LogP contribution in [-0.4, -0.2) is 63.9 Å². The number of nitrogens with one attached hydrogen (secondary N) is 2. The van der Waals surface area contributed by atoms with Gasteiger partial charge in [0.2, 0.25) is 0 Å². The van der Waals surface area contributed by atoms with Crippen molar-refractivity contribution in [2.24, 2.45) is 4.99 Å².